The van der Waals surface area contributed by atoms with Gasteiger partial charge in [-0.15, -0.1) is 11.6 Å². The number of hydrogen-bond acceptors (Lipinski definition) is 3. The summed E-state index contributed by atoms with van der Waals surface area (Å²) >= 11 is 5.83. The summed E-state index contributed by atoms with van der Waals surface area (Å²) in [4.78, 5) is 11.6. The van der Waals surface area contributed by atoms with Gasteiger partial charge in [-0.25, -0.2) is 4.79 Å². The lowest BCUT2D eigenvalue weighted by molar-refractivity contribution is 0.0636. The molecule has 0 saturated heterocycles. The average Bonchev–Trinajstić information content (AvgIpc) is 2.27. The van der Waals surface area contributed by atoms with Gasteiger partial charge in [0.1, 0.15) is 11.4 Å². The summed E-state index contributed by atoms with van der Waals surface area (Å²) in [7, 11) is 1.58. The van der Waals surface area contributed by atoms with Gasteiger partial charge in [-0.2, -0.15) is 0 Å². The molecular formula is C13H18ClNO3. The third-order valence-electron chi connectivity index (χ3n) is 2.09. The number of hydrogen-bond donors (Lipinski definition) is 1. The van der Waals surface area contributed by atoms with Crippen molar-refractivity contribution in [1.29, 1.82) is 0 Å². The van der Waals surface area contributed by atoms with Gasteiger partial charge >= 0.3 is 6.09 Å². The van der Waals surface area contributed by atoms with E-state index in [-0.39, 0.29) is 5.88 Å². The van der Waals surface area contributed by atoms with E-state index in [4.69, 9.17) is 21.1 Å². The Kier molecular flexibility index (Phi) is 4.84. The van der Waals surface area contributed by atoms with Crippen LogP contribution in [0.25, 0.3) is 0 Å². The Morgan fingerprint density at radius 2 is 2.06 bits per heavy atom. The van der Waals surface area contributed by atoms with E-state index in [1.165, 1.54) is 0 Å². The highest BCUT2D eigenvalue weighted by Crippen LogP contribution is 2.24. The highest BCUT2D eigenvalue weighted by atomic mass is 35.5. The third kappa shape index (κ3) is 4.45. The number of nitrogens with one attached hydrogen (secondary N) is 1. The first-order chi connectivity index (χ1) is 8.35. The van der Waals surface area contributed by atoms with Crippen LogP contribution in [0.5, 0.6) is 5.75 Å². The van der Waals surface area contributed by atoms with Crippen molar-refractivity contribution in [2.45, 2.75) is 32.3 Å². The van der Waals surface area contributed by atoms with Crippen molar-refractivity contribution in [3.05, 3.63) is 23.8 Å². The Morgan fingerprint density at radius 1 is 1.39 bits per heavy atom. The number of ether oxygens (including phenoxy) is 2. The fourth-order valence-electron chi connectivity index (χ4n) is 1.34. The summed E-state index contributed by atoms with van der Waals surface area (Å²) in [6.07, 6.45) is -0.501. The molecular weight excluding hydrogens is 254 g/mol. The molecule has 0 unspecified atom stereocenters. The van der Waals surface area contributed by atoms with Gasteiger partial charge in [0.25, 0.3) is 0 Å². The number of benzene rings is 1. The molecule has 18 heavy (non-hydrogen) atoms. The van der Waals surface area contributed by atoms with Crippen LogP contribution in [0, 0.1) is 0 Å². The minimum absolute atomic E-state index is 0.280. The van der Waals surface area contributed by atoms with Gasteiger partial charge in [0.15, 0.2) is 0 Å². The zero-order valence-corrected chi connectivity index (χ0v) is 11.8. The molecule has 0 aliphatic heterocycles. The Labute approximate surface area is 112 Å². The average molecular weight is 272 g/mol. The second-order valence-electron chi connectivity index (χ2n) is 4.78. The molecule has 0 aromatic heterocycles. The zero-order valence-electron chi connectivity index (χ0n) is 11.0. The topological polar surface area (TPSA) is 47.6 Å². The molecule has 1 aromatic rings. The number of methoxy groups -OCH3 is 1. The Balaban J connectivity index is 2.81. The quantitative estimate of drug-likeness (QED) is 0.851. The number of amides is 1. The molecule has 0 bridgehead atoms. The summed E-state index contributed by atoms with van der Waals surface area (Å²) in [5.41, 5.74) is 0.874. The third-order valence-corrected chi connectivity index (χ3v) is 2.38. The first-order valence-electron chi connectivity index (χ1n) is 5.58. The number of carbonyl (C=O) groups is 1. The number of carbonyl (C=O) groups excluding carboxylic acids is 1. The summed E-state index contributed by atoms with van der Waals surface area (Å²) in [5.74, 6) is 0.975. The van der Waals surface area contributed by atoms with E-state index in [1.54, 1.807) is 25.3 Å². The molecule has 1 amide bonds. The maximum atomic E-state index is 11.6. The van der Waals surface area contributed by atoms with Gasteiger partial charge in [-0.1, -0.05) is 0 Å². The second-order valence-corrected chi connectivity index (χ2v) is 5.05. The van der Waals surface area contributed by atoms with Crippen LogP contribution in [0.2, 0.25) is 0 Å². The van der Waals surface area contributed by atoms with Crippen molar-refractivity contribution in [1.82, 2.24) is 0 Å². The lowest BCUT2D eigenvalue weighted by atomic mass is 10.2. The first kappa shape index (κ1) is 14.6. The van der Waals surface area contributed by atoms with Crippen LogP contribution < -0.4 is 10.1 Å². The predicted octanol–water partition coefficient (Wildman–Crippen LogP) is 3.78. The van der Waals surface area contributed by atoms with E-state index in [2.05, 4.69) is 5.32 Å². The smallest absolute Gasteiger partial charge is 0.412 e. The van der Waals surface area contributed by atoms with Crippen molar-refractivity contribution >= 4 is 23.4 Å². The fourth-order valence-corrected chi connectivity index (χ4v) is 1.56. The molecule has 5 heteroatoms. The molecule has 0 heterocycles. The molecule has 100 valence electrons. The molecule has 0 aliphatic carbocycles. The van der Waals surface area contributed by atoms with E-state index in [0.29, 0.717) is 11.4 Å². The highest BCUT2D eigenvalue weighted by molar-refractivity contribution is 6.17. The molecule has 1 aromatic carbocycles. The fraction of sp³-hybridized carbons (Fsp3) is 0.462. The number of halogens is 1. The normalized spacial score (nSPS) is 10.9. The van der Waals surface area contributed by atoms with Gasteiger partial charge in [0.05, 0.1) is 7.11 Å². The van der Waals surface area contributed by atoms with E-state index >= 15 is 0 Å². The van der Waals surface area contributed by atoms with Gasteiger partial charge in [0, 0.05) is 11.6 Å². The molecule has 0 atom stereocenters. The number of rotatable bonds is 3. The van der Waals surface area contributed by atoms with Crippen LogP contribution >= 0.6 is 11.6 Å². The van der Waals surface area contributed by atoms with Gasteiger partial charge in [-0.3, -0.25) is 5.32 Å². The lowest BCUT2D eigenvalue weighted by Gasteiger charge is -2.20. The lowest BCUT2D eigenvalue weighted by Crippen LogP contribution is -2.27. The summed E-state index contributed by atoms with van der Waals surface area (Å²) in [6.45, 7) is 5.43. The number of anilines is 1. The van der Waals surface area contributed by atoms with E-state index < -0.39 is 11.7 Å². The molecule has 1 rings (SSSR count). The zero-order chi connectivity index (χ0) is 13.8. The van der Waals surface area contributed by atoms with Gasteiger partial charge < -0.3 is 9.47 Å². The Bertz CT molecular complexity index is 427. The van der Waals surface area contributed by atoms with Gasteiger partial charge in [-0.05, 0) is 44.5 Å². The van der Waals surface area contributed by atoms with E-state index in [1.807, 2.05) is 20.8 Å². The second kappa shape index (κ2) is 5.96. The van der Waals surface area contributed by atoms with Crippen LogP contribution in [0.4, 0.5) is 10.5 Å². The van der Waals surface area contributed by atoms with Gasteiger partial charge in [0.2, 0.25) is 0 Å². The SMILES string of the molecule is COc1ccc(NC(=O)OC(C)(C)C)c(CCl)c1. The van der Waals surface area contributed by atoms with Crippen LogP contribution in [0.3, 0.4) is 0 Å². The maximum absolute atomic E-state index is 11.6. The first-order valence-corrected chi connectivity index (χ1v) is 6.12. The van der Waals surface area contributed by atoms with Crippen LogP contribution in [0.15, 0.2) is 18.2 Å². The van der Waals surface area contributed by atoms with Crippen molar-refractivity contribution in [2.75, 3.05) is 12.4 Å². The molecule has 1 N–H and O–H groups in total. The van der Waals surface area contributed by atoms with E-state index in [9.17, 15) is 4.79 Å². The Morgan fingerprint density at radius 3 is 2.56 bits per heavy atom. The molecule has 0 radical (unpaired) electrons. The predicted molar refractivity (Wildman–Crippen MR) is 72.4 cm³/mol. The summed E-state index contributed by atoms with van der Waals surface area (Å²) in [6, 6.07) is 5.27. The maximum Gasteiger partial charge on any atom is 0.412 e. The molecule has 0 fully saturated rings. The van der Waals surface area contributed by atoms with Crippen LogP contribution in [-0.2, 0) is 10.6 Å². The molecule has 0 saturated carbocycles. The van der Waals surface area contributed by atoms with Crippen molar-refractivity contribution in [2.24, 2.45) is 0 Å². The standard InChI is InChI=1S/C13H18ClNO3/c1-13(2,3)18-12(16)15-11-6-5-10(17-4)7-9(11)8-14/h5-7H,8H2,1-4H3,(H,15,16). The minimum Gasteiger partial charge on any atom is -0.497 e. The molecule has 0 spiro atoms. The van der Waals surface area contributed by atoms with Crippen molar-refractivity contribution in [3.8, 4) is 5.75 Å². The number of alkyl halides is 1. The molecule has 4 nitrogen and oxygen atoms in total. The monoisotopic (exact) mass is 271 g/mol. The van der Waals surface area contributed by atoms with Crippen molar-refractivity contribution in [3.63, 3.8) is 0 Å². The minimum atomic E-state index is -0.530. The molecule has 0 aliphatic rings. The van der Waals surface area contributed by atoms with Crippen LogP contribution in [0.1, 0.15) is 26.3 Å². The summed E-state index contributed by atoms with van der Waals surface area (Å²) in [5, 5.41) is 2.67. The largest absolute Gasteiger partial charge is 0.497 e. The Hall–Kier alpha value is -1.42. The highest BCUT2D eigenvalue weighted by Gasteiger charge is 2.17. The van der Waals surface area contributed by atoms with Crippen LogP contribution in [-0.4, -0.2) is 18.8 Å². The van der Waals surface area contributed by atoms with Crippen molar-refractivity contribution < 1.29 is 14.3 Å². The summed E-state index contributed by atoms with van der Waals surface area (Å²) < 4.78 is 10.3. The van der Waals surface area contributed by atoms with E-state index in [0.717, 1.165) is 5.56 Å².